The van der Waals surface area contributed by atoms with E-state index in [4.69, 9.17) is 5.11 Å². The van der Waals surface area contributed by atoms with Crippen LogP contribution in [0.25, 0.3) is 0 Å². The first-order valence-electron chi connectivity index (χ1n) is 5.08. The molecule has 0 saturated heterocycles. The van der Waals surface area contributed by atoms with Gasteiger partial charge in [-0.15, -0.1) is 0 Å². The number of benzene rings is 1. The molecule has 0 radical (unpaired) electrons. The Morgan fingerprint density at radius 2 is 1.80 bits per heavy atom. The van der Waals surface area contributed by atoms with E-state index in [1.807, 2.05) is 0 Å². The van der Waals surface area contributed by atoms with Crippen molar-refractivity contribution in [3.63, 3.8) is 0 Å². The van der Waals surface area contributed by atoms with Gasteiger partial charge in [0.25, 0.3) is 0 Å². The number of carboxylic acid groups (broad SMARTS) is 1. The topological polar surface area (TPSA) is 46.5 Å². The molecule has 3 nitrogen and oxygen atoms in total. The number of aromatic carboxylic acids is 1. The summed E-state index contributed by atoms with van der Waals surface area (Å²) in [7, 11) is 0. The molecule has 0 fully saturated rings. The second kappa shape index (κ2) is 5.70. The van der Waals surface area contributed by atoms with E-state index in [0.29, 0.717) is 6.07 Å². The summed E-state index contributed by atoms with van der Waals surface area (Å²) in [5.74, 6) is -7.67. The highest BCUT2D eigenvalue weighted by Crippen LogP contribution is 2.35. The minimum absolute atomic E-state index is 0.0644. The zero-order valence-corrected chi connectivity index (χ0v) is 9.68. The first kappa shape index (κ1) is 16.3. The van der Waals surface area contributed by atoms with Crippen LogP contribution in [0.3, 0.4) is 0 Å². The van der Waals surface area contributed by atoms with E-state index in [-0.39, 0.29) is 5.56 Å². The Morgan fingerprint density at radius 3 is 2.25 bits per heavy atom. The highest BCUT2D eigenvalue weighted by molar-refractivity contribution is 5.87. The third-order valence-electron chi connectivity index (χ3n) is 2.23. The normalized spacial score (nSPS) is 12.5. The van der Waals surface area contributed by atoms with Crippen molar-refractivity contribution in [1.29, 1.82) is 0 Å². The molecule has 1 rings (SSSR count). The summed E-state index contributed by atoms with van der Waals surface area (Å²) in [4.78, 5) is 10.5. The van der Waals surface area contributed by atoms with Gasteiger partial charge >= 0.3 is 18.1 Å². The minimum atomic E-state index is -5.73. The predicted octanol–water partition coefficient (Wildman–Crippen LogP) is 3.24. The highest BCUT2D eigenvalue weighted by Gasteiger charge is 2.57. The maximum atomic E-state index is 13.2. The Balaban J connectivity index is 2.64. The van der Waals surface area contributed by atoms with Gasteiger partial charge in [0.2, 0.25) is 0 Å². The van der Waals surface area contributed by atoms with E-state index in [0.717, 1.165) is 12.1 Å². The summed E-state index contributed by atoms with van der Waals surface area (Å²) < 4.78 is 77.8. The van der Waals surface area contributed by atoms with E-state index in [1.54, 1.807) is 0 Å². The van der Waals surface area contributed by atoms with E-state index in [2.05, 4.69) is 4.74 Å². The molecule has 0 heterocycles. The Hall–Kier alpha value is -1.77. The van der Waals surface area contributed by atoms with E-state index >= 15 is 0 Å². The molecule has 0 aliphatic carbocycles. The minimum Gasteiger partial charge on any atom is -0.478 e. The van der Waals surface area contributed by atoms with Gasteiger partial charge in [0.1, 0.15) is 12.4 Å². The lowest BCUT2D eigenvalue weighted by Gasteiger charge is -2.19. The number of hydrogen-bond donors (Lipinski definition) is 1. The number of hydrogen-bond acceptors (Lipinski definition) is 2. The third kappa shape index (κ3) is 3.86. The van der Waals surface area contributed by atoms with Crippen LogP contribution < -0.4 is 0 Å². The van der Waals surface area contributed by atoms with Gasteiger partial charge in [-0.1, -0.05) is 6.07 Å². The number of halogens is 6. The van der Waals surface area contributed by atoms with Crippen molar-refractivity contribution in [2.75, 3.05) is 6.61 Å². The molecule has 0 aliphatic rings. The molecule has 112 valence electrons. The summed E-state index contributed by atoms with van der Waals surface area (Å²) in [5.41, 5.74) is -0.708. The summed E-state index contributed by atoms with van der Waals surface area (Å²) in [6.45, 7) is -2.61. The molecular formula is C11H8F6O3. The van der Waals surface area contributed by atoms with Gasteiger partial charge in [-0.3, -0.25) is 0 Å². The number of alkyl halides is 5. The van der Waals surface area contributed by atoms with Crippen LogP contribution in [0, 0.1) is 5.82 Å². The van der Waals surface area contributed by atoms with Crippen molar-refractivity contribution in [3.05, 3.63) is 35.1 Å². The fourth-order valence-corrected chi connectivity index (χ4v) is 1.20. The molecule has 0 bridgehead atoms. The maximum absolute atomic E-state index is 13.2. The van der Waals surface area contributed by atoms with Crippen molar-refractivity contribution in [3.8, 4) is 0 Å². The summed E-state index contributed by atoms with van der Waals surface area (Å²) >= 11 is 0. The lowest BCUT2D eigenvalue weighted by atomic mass is 10.1. The van der Waals surface area contributed by atoms with Crippen molar-refractivity contribution in [2.24, 2.45) is 0 Å². The van der Waals surface area contributed by atoms with Gasteiger partial charge in [-0.25, -0.2) is 9.18 Å². The molecule has 0 spiro atoms. The van der Waals surface area contributed by atoms with Crippen LogP contribution in [0.15, 0.2) is 18.2 Å². The van der Waals surface area contributed by atoms with Crippen molar-refractivity contribution >= 4 is 5.97 Å². The largest absolute Gasteiger partial charge is 0.478 e. The van der Waals surface area contributed by atoms with Crippen molar-refractivity contribution < 1.29 is 41.0 Å². The van der Waals surface area contributed by atoms with Crippen LogP contribution in [0.2, 0.25) is 0 Å². The molecule has 0 aromatic heterocycles. The monoisotopic (exact) mass is 302 g/mol. The molecule has 0 amide bonds. The van der Waals surface area contributed by atoms with Gasteiger partial charge < -0.3 is 9.84 Å². The fourth-order valence-electron chi connectivity index (χ4n) is 1.20. The molecule has 0 saturated carbocycles. The van der Waals surface area contributed by atoms with Gasteiger partial charge in [-0.05, 0) is 17.7 Å². The zero-order valence-electron chi connectivity index (χ0n) is 9.68. The van der Waals surface area contributed by atoms with Crippen LogP contribution in [-0.2, 0) is 11.3 Å². The number of carbonyl (C=O) groups is 1. The summed E-state index contributed by atoms with van der Waals surface area (Å²) in [6, 6.07) is 2.60. The number of rotatable bonds is 5. The quantitative estimate of drug-likeness (QED) is 0.849. The number of carboxylic acids is 1. The molecule has 20 heavy (non-hydrogen) atoms. The number of ether oxygens (including phenoxy) is 1. The van der Waals surface area contributed by atoms with E-state index in [1.165, 1.54) is 0 Å². The van der Waals surface area contributed by atoms with Gasteiger partial charge in [0, 0.05) is 0 Å². The first-order valence-corrected chi connectivity index (χ1v) is 5.08. The molecule has 0 unspecified atom stereocenters. The van der Waals surface area contributed by atoms with Crippen molar-refractivity contribution in [2.45, 2.75) is 18.7 Å². The molecule has 1 aromatic carbocycles. The van der Waals surface area contributed by atoms with Crippen LogP contribution >= 0.6 is 0 Å². The Bertz CT molecular complexity index is 497. The van der Waals surface area contributed by atoms with Crippen LogP contribution in [0.5, 0.6) is 0 Å². The van der Waals surface area contributed by atoms with Gasteiger partial charge in [0.05, 0.1) is 12.2 Å². The van der Waals surface area contributed by atoms with Gasteiger partial charge in [-0.2, -0.15) is 22.0 Å². The summed E-state index contributed by atoms with van der Waals surface area (Å²) in [5, 5.41) is 8.53. The van der Waals surface area contributed by atoms with Crippen LogP contribution in [-0.4, -0.2) is 29.8 Å². The lowest BCUT2D eigenvalue weighted by molar-refractivity contribution is -0.297. The standard InChI is InChI=1S/C11H8F6O3/c12-8-3-6(1-2-7(8)9(18)19)4-20-5-10(13,14)11(15,16)17/h1-3H,4-5H2,(H,18,19). The molecule has 9 heteroatoms. The Kier molecular flexibility index (Phi) is 4.64. The molecule has 1 N–H and O–H groups in total. The Labute approximate surface area is 108 Å². The second-order valence-corrected chi connectivity index (χ2v) is 3.81. The average Bonchev–Trinajstić information content (AvgIpc) is 2.26. The molecule has 0 atom stereocenters. The fraction of sp³-hybridized carbons (Fsp3) is 0.364. The van der Waals surface area contributed by atoms with E-state index < -0.39 is 42.7 Å². The summed E-state index contributed by atoms with van der Waals surface area (Å²) in [6.07, 6.45) is -5.73. The third-order valence-corrected chi connectivity index (χ3v) is 2.23. The smallest absolute Gasteiger partial charge is 0.455 e. The van der Waals surface area contributed by atoms with Crippen molar-refractivity contribution in [1.82, 2.24) is 0 Å². The predicted molar refractivity (Wildman–Crippen MR) is 54.0 cm³/mol. The van der Waals surface area contributed by atoms with Crippen LogP contribution in [0.1, 0.15) is 15.9 Å². The van der Waals surface area contributed by atoms with E-state index in [9.17, 15) is 31.1 Å². The first-order chi connectivity index (χ1) is 9.04. The average molecular weight is 302 g/mol. The molecule has 0 aliphatic heterocycles. The molecule has 1 aromatic rings. The SMILES string of the molecule is O=C(O)c1ccc(COCC(F)(F)C(F)(F)F)cc1F. The van der Waals surface area contributed by atoms with Gasteiger partial charge in [0.15, 0.2) is 0 Å². The highest BCUT2D eigenvalue weighted by atomic mass is 19.4. The van der Waals surface area contributed by atoms with Crippen LogP contribution in [0.4, 0.5) is 26.3 Å². The second-order valence-electron chi connectivity index (χ2n) is 3.81. The zero-order chi connectivity index (χ0) is 15.6. The Morgan fingerprint density at radius 1 is 1.20 bits per heavy atom. The maximum Gasteiger partial charge on any atom is 0.455 e. The lowest BCUT2D eigenvalue weighted by Crippen LogP contribution is -2.40. The molecular weight excluding hydrogens is 294 g/mol.